The molecule has 2 N–H and O–H groups in total. The number of hydrogen-bond acceptors (Lipinski definition) is 2. The summed E-state index contributed by atoms with van der Waals surface area (Å²) < 4.78 is 1.80. The van der Waals surface area contributed by atoms with Crippen LogP contribution in [0.1, 0.15) is 12.6 Å². The van der Waals surface area contributed by atoms with Crippen LogP contribution in [0.3, 0.4) is 0 Å². The molecule has 0 fully saturated rings. The standard InChI is InChI=1S/C9H16N4O/c1-3-10-9(14)11-6-4-8-5-7-12-13(8)2/h5,7H,3-4,6H2,1-2H3,(H2,10,11,14). The lowest BCUT2D eigenvalue weighted by atomic mass is 10.3. The van der Waals surface area contributed by atoms with Crippen LogP contribution in [0.5, 0.6) is 0 Å². The Bertz CT molecular complexity index is 295. The monoisotopic (exact) mass is 196 g/mol. The summed E-state index contributed by atoms with van der Waals surface area (Å²) in [5.41, 5.74) is 1.11. The summed E-state index contributed by atoms with van der Waals surface area (Å²) >= 11 is 0. The highest BCUT2D eigenvalue weighted by atomic mass is 16.2. The van der Waals surface area contributed by atoms with Gasteiger partial charge in [0.05, 0.1) is 0 Å². The number of urea groups is 1. The van der Waals surface area contributed by atoms with Crippen LogP contribution in [0.2, 0.25) is 0 Å². The summed E-state index contributed by atoms with van der Waals surface area (Å²) in [6.45, 7) is 3.17. The zero-order valence-corrected chi connectivity index (χ0v) is 8.58. The Morgan fingerprint density at radius 1 is 1.57 bits per heavy atom. The number of nitrogens with one attached hydrogen (secondary N) is 2. The number of nitrogens with zero attached hydrogens (tertiary/aromatic N) is 2. The van der Waals surface area contributed by atoms with Crippen molar-refractivity contribution in [1.29, 1.82) is 0 Å². The molecule has 0 aromatic carbocycles. The topological polar surface area (TPSA) is 59.0 Å². The van der Waals surface area contributed by atoms with Crippen molar-refractivity contribution in [1.82, 2.24) is 20.4 Å². The van der Waals surface area contributed by atoms with E-state index >= 15 is 0 Å². The van der Waals surface area contributed by atoms with Crippen molar-refractivity contribution in [2.24, 2.45) is 7.05 Å². The molecule has 0 atom stereocenters. The van der Waals surface area contributed by atoms with Gasteiger partial charge in [0.1, 0.15) is 0 Å². The fourth-order valence-corrected chi connectivity index (χ4v) is 1.17. The maximum atomic E-state index is 11.0. The van der Waals surface area contributed by atoms with E-state index in [0.29, 0.717) is 13.1 Å². The van der Waals surface area contributed by atoms with Crippen LogP contribution in [0.25, 0.3) is 0 Å². The molecule has 0 saturated carbocycles. The summed E-state index contributed by atoms with van der Waals surface area (Å²) in [7, 11) is 1.89. The fraction of sp³-hybridized carbons (Fsp3) is 0.556. The Labute approximate surface area is 83.5 Å². The van der Waals surface area contributed by atoms with Crippen molar-refractivity contribution in [3.63, 3.8) is 0 Å². The van der Waals surface area contributed by atoms with Crippen molar-refractivity contribution in [2.45, 2.75) is 13.3 Å². The smallest absolute Gasteiger partial charge is 0.314 e. The molecule has 0 aliphatic heterocycles. The Morgan fingerprint density at radius 3 is 2.93 bits per heavy atom. The van der Waals surface area contributed by atoms with E-state index in [9.17, 15) is 4.79 Å². The maximum Gasteiger partial charge on any atom is 0.314 e. The minimum Gasteiger partial charge on any atom is -0.338 e. The highest BCUT2D eigenvalue weighted by Crippen LogP contribution is 1.95. The largest absolute Gasteiger partial charge is 0.338 e. The van der Waals surface area contributed by atoms with Crippen molar-refractivity contribution < 1.29 is 4.79 Å². The van der Waals surface area contributed by atoms with Gasteiger partial charge in [-0.15, -0.1) is 0 Å². The van der Waals surface area contributed by atoms with Crippen molar-refractivity contribution in [2.75, 3.05) is 13.1 Å². The van der Waals surface area contributed by atoms with Gasteiger partial charge in [0, 0.05) is 38.4 Å². The average molecular weight is 196 g/mol. The predicted molar refractivity (Wildman–Crippen MR) is 54.0 cm³/mol. The van der Waals surface area contributed by atoms with E-state index in [1.165, 1.54) is 0 Å². The van der Waals surface area contributed by atoms with Gasteiger partial charge in [0.25, 0.3) is 0 Å². The summed E-state index contributed by atoms with van der Waals surface area (Å²) in [5, 5.41) is 9.46. The van der Waals surface area contributed by atoms with E-state index in [-0.39, 0.29) is 6.03 Å². The lowest BCUT2D eigenvalue weighted by Gasteiger charge is -2.05. The average Bonchev–Trinajstić information content (AvgIpc) is 2.52. The molecule has 2 amide bonds. The van der Waals surface area contributed by atoms with Gasteiger partial charge in [-0.3, -0.25) is 4.68 Å². The second-order valence-corrected chi connectivity index (χ2v) is 2.98. The number of hydrogen-bond donors (Lipinski definition) is 2. The summed E-state index contributed by atoms with van der Waals surface area (Å²) in [5.74, 6) is 0. The molecule has 1 aromatic heterocycles. The molecule has 78 valence electrons. The number of amides is 2. The van der Waals surface area contributed by atoms with Gasteiger partial charge in [-0.05, 0) is 13.0 Å². The normalized spacial score (nSPS) is 9.86. The van der Waals surface area contributed by atoms with Crippen molar-refractivity contribution in [3.8, 4) is 0 Å². The van der Waals surface area contributed by atoms with Crippen LogP contribution >= 0.6 is 0 Å². The van der Waals surface area contributed by atoms with E-state index in [0.717, 1.165) is 12.1 Å². The highest BCUT2D eigenvalue weighted by molar-refractivity contribution is 5.73. The molecule has 0 bridgehead atoms. The lowest BCUT2D eigenvalue weighted by Crippen LogP contribution is -2.36. The van der Waals surface area contributed by atoms with Gasteiger partial charge < -0.3 is 10.6 Å². The number of aryl methyl sites for hydroxylation is 1. The molecule has 0 aliphatic carbocycles. The molecule has 0 spiro atoms. The summed E-state index contributed by atoms with van der Waals surface area (Å²) in [6.07, 6.45) is 2.55. The van der Waals surface area contributed by atoms with Crippen LogP contribution in [-0.4, -0.2) is 28.9 Å². The molecule has 1 heterocycles. The third-order valence-electron chi connectivity index (χ3n) is 1.93. The number of aromatic nitrogens is 2. The van der Waals surface area contributed by atoms with E-state index in [4.69, 9.17) is 0 Å². The SMILES string of the molecule is CCNC(=O)NCCc1ccnn1C. The van der Waals surface area contributed by atoms with Crippen LogP contribution in [-0.2, 0) is 13.5 Å². The predicted octanol–water partition coefficient (Wildman–Crippen LogP) is 0.282. The highest BCUT2D eigenvalue weighted by Gasteiger charge is 2.00. The van der Waals surface area contributed by atoms with E-state index in [2.05, 4.69) is 15.7 Å². The number of rotatable bonds is 4. The minimum atomic E-state index is -0.116. The Hall–Kier alpha value is -1.52. The van der Waals surface area contributed by atoms with E-state index in [1.54, 1.807) is 10.9 Å². The number of carbonyl (C=O) groups is 1. The second kappa shape index (κ2) is 5.26. The molecule has 5 heteroatoms. The quantitative estimate of drug-likeness (QED) is 0.726. The summed E-state index contributed by atoms with van der Waals surface area (Å²) in [6, 6.07) is 1.83. The van der Waals surface area contributed by atoms with Gasteiger partial charge in [-0.1, -0.05) is 0 Å². The van der Waals surface area contributed by atoms with Crippen molar-refractivity contribution in [3.05, 3.63) is 18.0 Å². The molecular weight excluding hydrogens is 180 g/mol. The van der Waals surface area contributed by atoms with Gasteiger partial charge in [-0.25, -0.2) is 4.79 Å². The Morgan fingerprint density at radius 2 is 2.36 bits per heavy atom. The zero-order chi connectivity index (χ0) is 10.4. The van der Waals surface area contributed by atoms with E-state index in [1.807, 2.05) is 20.0 Å². The van der Waals surface area contributed by atoms with Crippen LogP contribution in [0.4, 0.5) is 4.79 Å². The first kappa shape index (κ1) is 10.6. The molecule has 0 unspecified atom stereocenters. The Kier molecular flexibility index (Phi) is 3.97. The fourth-order valence-electron chi connectivity index (χ4n) is 1.17. The number of carbonyl (C=O) groups excluding carboxylic acids is 1. The van der Waals surface area contributed by atoms with Crippen LogP contribution in [0.15, 0.2) is 12.3 Å². The zero-order valence-electron chi connectivity index (χ0n) is 8.58. The third kappa shape index (κ3) is 3.08. The van der Waals surface area contributed by atoms with Gasteiger partial charge in [0.2, 0.25) is 0 Å². The minimum absolute atomic E-state index is 0.116. The van der Waals surface area contributed by atoms with Gasteiger partial charge in [0.15, 0.2) is 0 Å². The second-order valence-electron chi connectivity index (χ2n) is 2.98. The molecule has 1 aromatic rings. The van der Waals surface area contributed by atoms with Crippen LogP contribution < -0.4 is 10.6 Å². The molecular formula is C9H16N4O. The molecule has 1 rings (SSSR count). The molecule has 0 saturated heterocycles. The Balaban J connectivity index is 2.22. The van der Waals surface area contributed by atoms with Crippen LogP contribution in [0, 0.1) is 0 Å². The first-order valence-corrected chi connectivity index (χ1v) is 4.72. The first-order valence-electron chi connectivity index (χ1n) is 4.72. The molecule has 0 aliphatic rings. The van der Waals surface area contributed by atoms with Gasteiger partial charge >= 0.3 is 6.03 Å². The third-order valence-corrected chi connectivity index (χ3v) is 1.93. The van der Waals surface area contributed by atoms with Crippen molar-refractivity contribution >= 4 is 6.03 Å². The lowest BCUT2D eigenvalue weighted by molar-refractivity contribution is 0.241. The van der Waals surface area contributed by atoms with Gasteiger partial charge in [-0.2, -0.15) is 5.10 Å². The first-order chi connectivity index (χ1) is 6.74. The molecule has 5 nitrogen and oxygen atoms in total. The molecule has 14 heavy (non-hydrogen) atoms. The maximum absolute atomic E-state index is 11.0. The van der Waals surface area contributed by atoms with E-state index < -0.39 is 0 Å². The summed E-state index contributed by atoms with van der Waals surface area (Å²) in [4.78, 5) is 11.0. The molecule has 0 radical (unpaired) electrons.